The van der Waals surface area contributed by atoms with Gasteiger partial charge in [-0.25, -0.2) is 0 Å². The number of terminal acetylenes is 1. The van der Waals surface area contributed by atoms with Gasteiger partial charge in [-0.1, -0.05) is 12.8 Å². The third kappa shape index (κ3) is 2.22. The molecule has 2 nitrogen and oxygen atoms in total. The molecule has 1 saturated heterocycles. The van der Waals surface area contributed by atoms with E-state index in [-0.39, 0.29) is 11.5 Å². The lowest BCUT2D eigenvalue weighted by atomic mass is 10.3. The van der Waals surface area contributed by atoms with Gasteiger partial charge < -0.3 is 9.47 Å². The van der Waals surface area contributed by atoms with E-state index in [2.05, 4.69) is 15.4 Å². The molecule has 0 radical (unpaired) electrons. The van der Waals surface area contributed by atoms with E-state index in [9.17, 15) is 8.78 Å². The van der Waals surface area contributed by atoms with Crippen molar-refractivity contribution < 1.29 is 18.3 Å². The molecule has 0 atom stereocenters. The molecule has 0 amide bonds. The fraction of sp³-hybridized carbons (Fsp3) is 0.333. The minimum Gasteiger partial charge on any atom is -0.396 e. The maximum atomic E-state index is 12.5. The van der Waals surface area contributed by atoms with Gasteiger partial charge in [0.2, 0.25) is 0 Å². The SMILES string of the molecule is C#C/C=C1/OC(F)(F)O/C1=C/CC. The average Bonchev–Trinajstić information content (AvgIpc) is 2.28. The topological polar surface area (TPSA) is 18.5 Å². The first kappa shape index (κ1) is 9.59. The molecule has 0 spiro atoms. The van der Waals surface area contributed by atoms with Crippen molar-refractivity contribution in [3.8, 4) is 12.3 Å². The van der Waals surface area contributed by atoms with Crippen LogP contribution in [0.1, 0.15) is 13.3 Å². The summed E-state index contributed by atoms with van der Waals surface area (Å²) in [7, 11) is 0. The Morgan fingerprint density at radius 2 is 2.08 bits per heavy atom. The van der Waals surface area contributed by atoms with E-state index in [1.807, 2.05) is 0 Å². The smallest absolute Gasteiger partial charge is 0.396 e. The summed E-state index contributed by atoms with van der Waals surface area (Å²) in [5.74, 6) is 1.98. The molecule has 1 rings (SSSR count). The standard InChI is InChI=1S/C9H8F2O2/c1-3-5-7-8(6-4-2)13-9(10,11)12-7/h1,5-6H,4H2,2H3/b7-5+,8-6+. The molecule has 0 N–H and O–H groups in total. The number of hydrogen-bond donors (Lipinski definition) is 0. The van der Waals surface area contributed by atoms with Crippen molar-refractivity contribution in [2.45, 2.75) is 19.6 Å². The molecule has 0 unspecified atom stereocenters. The maximum absolute atomic E-state index is 12.5. The number of allylic oxidation sites excluding steroid dienone is 2. The molecule has 0 bridgehead atoms. The van der Waals surface area contributed by atoms with Crippen LogP contribution < -0.4 is 0 Å². The van der Waals surface area contributed by atoms with Crippen LogP contribution in [-0.4, -0.2) is 6.29 Å². The highest BCUT2D eigenvalue weighted by atomic mass is 19.3. The largest absolute Gasteiger partial charge is 0.586 e. The maximum Gasteiger partial charge on any atom is 0.586 e. The van der Waals surface area contributed by atoms with Gasteiger partial charge in [0, 0.05) is 6.08 Å². The molecule has 1 aliphatic heterocycles. The van der Waals surface area contributed by atoms with E-state index in [0.717, 1.165) is 6.08 Å². The Morgan fingerprint density at radius 1 is 1.46 bits per heavy atom. The fourth-order valence-electron chi connectivity index (χ4n) is 0.881. The molecule has 1 fully saturated rings. The van der Waals surface area contributed by atoms with Crippen LogP contribution in [0, 0.1) is 12.3 Å². The van der Waals surface area contributed by atoms with Gasteiger partial charge in [0.05, 0.1) is 0 Å². The van der Waals surface area contributed by atoms with E-state index >= 15 is 0 Å². The zero-order chi connectivity index (χ0) is 9.90. The van der Waals surface area contributed by atoms with Crippen molar-refractivity contribution in [3.63, 3.8) is 0 Å². The van der Waals surface area contributed by atoms with Gasteiger partial charge in [-0.15, -0.1) is 15.2 Å². The van der Waals surface area contributed by atoms with Crippen LogP contribution in [0.25, 0.3) is 0 Å². The highest BCUT2D eigenvalue weighted by Crippen LogP contribution is 2.36. The van der Waals surface area contributed by atoms with Crippen LogP contribution in [0.5, 0.6) is 0 Å². The van der Waals surface area contributed by atoms with Gasteiger partial charge in [-0.2, -0.15) is 0 Å². The van der Waals surface area contributed by atoms with Crippen molar-refractivity contribution in [2.24, 2.45) is 0 Å². The number of hydrogen-bond acceptors (Lipinski definition) is 2. The zero-order valence-corrected chi connectivity index (χ0v) is 7.01. The fourth-order valence-corrected chi connectivity index (χ4v) is 0.881. The molecule has 0 saturated carbocycles. The van der Waals surface area contributed by atoms with E-state index in [1.165, 1.54) is 6.08 Å². The molecular weight excluding hydrogens is 178 g/mol. The van der Waals surface area contributed by atoms with Crippen LogP contribution in [0.4, 0.5) is 8.78 Å². The number of alkyl halides is 2. The predicted octanol–water partition coefficient (Wildman–Crippen LogP) is 2.39. The first-order valence-electron chi connectivity index (χ1n) is 3.71. The van der Waals surface area contributed by atoms with Gasteiger partial charge in [-0.3, -0.25) is 0 Å². The molecule has 0 aromatic heterocycles. The lowest BCUT2D eigenvalue weighted by Crippen LogP contribution is -2.14. The first-order valence-corrected chi connectivity index (χ1v) is 3.71. The van der Waals surface area contributed by atoms with Crippen molar-refractivity contribution in [1.82, 2.24) is 0 Å². The minimum absolute atomic E-state index is 0.00884. The Bertz CT molecular complexity index is 297. The van der Waals surface area contributed by atoms with Gasteiger partial charge in [-0.05, 0) is 12.5 Å². The molecule has 4 heteroatoms. The van der Waals surface area contributed by atoms with Gasteiger partial charge >= 0.3 is 6.29 Å². The first-order chi connectivity index (χ1) is 6.09. The second-order valence-corrected chi connectivity index (χ2v) is 2.32. The molecule has 13 heavy (non-hydrogen) atoms. The van der Waals surface area contributed by atoms with Crippen molar-refractivity contribution in [3.05, 3.63) is 23.7 Å². The monoisotopic (exact) mass is 186 g/mol. The third-order valence-corrected chi connectivity index (χ3v) is 1.30. The second kappa shape index (κ2) is 3.48. The molecule has 0 aliphatic carbocycles. The zero-order valence-electron chi connectivity index (χ0n) is 7.01. The summed E-state index contributed by atoms with van der Waals surface area (Å²) in [5, 5.41) is 0. The normalized spacial score (nSPS) is 25.4. The molecular formula is C9H8F2O2. The van der Waals surface area contributed by atoms with Crippen LogP contribution in [0.3, 0.4) is 0 Å². The Hall–Kier alpha value is -1.50. The lowest BCUT2D eigenvalue weighted by molar-refractivity contribution is -0.326. The summed E-state index contributed by atoms with van der Waals surface area (Å²) in [6, 6.07) is 0. The van der Waals surface area contributed by atoms with E-state index in [0.29, 0.717) is 6.42 Å². The van der Waals surface area contributed by atoms with E-state index in [4.69, 9.17) is 6.42 Å². The van der Waals surface area contributed by atoms with Crippen molar-refractivity contribution >= 4 is 0 Å². The van der Waals surface area contributed by atoms with Gasteiger partial charge in [0.1, 0.15) is 0 Å². The van der Waals surface area contributed by atoms with Crippen molar-refractivity contribution in [1.29, 1.82) is 0 Å². The summed E-state index contributed by atoms with van der Waals surface area (Å²) in [4.78, 5) is 0. The number of ether oxygens (including phenoxy) is 2. The number of halogens is 2. The molecule has 0 aromatic carbocycles. The summed E-state index contributed by atoms with van der Waals surface area (Å²) in [5.41, 5.74) is 0. The summed E-state index contributed by atoms with van der Waals surface area (Å²) < 4.78 is 33.3. The highest BCUT2D eigenvalue weighted by molar-refractivity contribution is 5.29. The minimum atomic E-state index is -3.59. The molecule has 0 aromatic rings. The van der Waals surface area contributed by atoms with Crippen LogP contribution in [-0.2, 0) is 9.47 Å². The Kier molecular flexibility index (Phi) is 2.57. The summed E-state index contributed by atoms with van der Waals surface area (Å²) >= 11 is 0. The molecule has 1 heterocycles. The second-order valence-electron chi connectivity index (χ2n) is 2.32. The Balaban J connectivity index is 2.92. The summed E-state index contributed by atoms with van der Waals surface area (Å²) in [6.45, 7) is 1.79. The third-order valence-electron chi connectivity index (χ3n) is 1.30. The molecule has 70 valence electrons. The highest BCUT2D eigenvalue weighted by Gasteiger charge is 2.45. The molecule has 1 aliphatic rings. The number of rotatable bonds is 1. The van der Waals surface area contributed by atoms with Gasteiger partial charge in [0.25, 0.3) is 0 Å². The summed E-state index contributed by atoms with van der Waals surface area (Å²) in [6.07, 6.45) is 4.47. The predicted molar refractivity (Wildman–Crippen MR) is 42.4 cm³/mol. The van der Waals surface area contributed by atoms with Crippen molar-refractivity contribution in [2.75, 3.05) is 0 Å². The Labute approximate surface area is 74.8 Å². The van der Waals surface area contributed by atoms with Crippen LogP contribution in [0.2, 0.25) is 0 Å². The van der Waals surface area contributed by atoms with Crippen LogP contribution in [0.15, 0.2) is 23.7 Å². The average molecular weight is 186 g/mol. The lowest BCUT2D eigenvalue weighted by Gasteiger charge is -2.03. The Morgan fingerprint density at radius 3 is 2.62 bits per heavy atom. The van der Waals surface area contributed by atoms with E-state index in [1.54, 1.807) is 6.92 Å². The quantitative estimate of drug-likeness (QED) is 0.585. The van der Waals surface area contributed by atoms with E-state index < -0.39 is 6.29 Å². The van der Waals surface area contributed by atoms with Crippen LogP contribution >= 0.6 is 0 Å². The van der Waals surface area contributed by atoms with Gasteiger partial charge in [0.15, 0.2) is 11.5 Å².